The Balaban J connectivity index is 3.71. The van der Waals surface area contributed by atoms with Crippen molar-refractivity contribution in [3.63, 3.8) is 0 Å². The van der Waals surface area contributed by atoms with Crippen molar-refractivity contribution < 1.29 is 14.4 Å². The van der Waals surface area contributed by atoms with Crippen LogP contribution < -0.4 is 11.2 Å². The first kappa shape index (κ1) is 10.3. The van der Waals surface area contributed by atoms with E-state index < -0.39 is 6.04 Å². The highest BCUT2D eigenvalue weighted by atomic mass is 16.6. The standard InChI is InChI=1S/C6H14N2O3/c1-3-10-6(9)5(8-2)4-11-7/h5,8H,3-4,7H2,1-2H3. The second kappa shape index (κ2) is 6.09. The van der Waals surface area contributed by atoms with Crippen LogP contribution in [0.3, 0.4) is 0 Å². The molecule has 0 spiro atoms. The summed E-state index contributed by atoms with van der Waals surface area (Å²) in [5, 5.41) is 2.71. The molecule has 11 heavy (non-hydrogen) atoms. The Morgan fingerprint density at radius 3 is 2.73 bits per heavy atom. The number of hydrogen-bond donors (Lipinski definition) is 2. The van der Waals surface area contributed by atoms with Crippen LogP contribution in [0.4, 0.5) is 0 Å². The molecule has 0 radical (unpaired) electrons. The summed E-state index contributed by atoms with van der Waals surface area (Å²) in [6.07, 6.45) is 0. The van der Waals surface area contributed by atoms with E-state index in [1.165, 1.54) is 0 Å². The van der Waals surface area contributed by atoms with E-state index >= 15 is 0 Å². The van der Waals surface area contributed by atoms with Crippen LogP contribution >= 0.6 is 0 Å². The normalized spacial score (nSPS) is 12.6. The predicted octanol–water partition coefficient (Wildman–Crippen LogP) is -0.972. The Kier molecular flexibility index (Phi) is 5.73. The molecule has 0 bridgehead atoms. The minimum atomic E-state index is -0.472. The molecule has 0 rings (SSSR count). The summed E-state index contributed by atoms with van der Waals surface area (Å²) in [6, 6.07) is -0.472. The average Bonchev–Trinajstić information content (AvgIpc) is 2.00. The molecule has 3 N–H and O–H groups in total. The van der Waals surface area contributed by atoms with Gasteiger partial charge in [-0.3, -0.25) is 4.79 Å². The molecule has 0 amide bonds. The first-order valence-corrected chi connectivity index (χ1v) is 3.41. The number of carbonyl (C=O) groups excluding carboxylic acids is 1. The molecule has 0 fully saturated rings. The van der Waals surface area contributed by atoms with Gasteiger partial charge >= 0.3 is 5.97 Å². The van der Waals surface area contributed by atoms with Gasteiger partial charge in [0, 0.05) is 0 Å². The Labute approximate surface area is 65.8 Å². The molecular formula is C6H14N2O3. The molecule has 1 atom stereocenters. The van der Waals surface area contributed by atoms with Crippen molar-refractivity contribution in [2.24, 2.45) is 5.90 Å². The van der Waals surface area contributed by atoms with Crippen molar-refractivity contribution in [1.82, 2.24) is 5.32 Å². The summed E-state index contributed by atoms with van der Waals surface area (Å²) in [4.78, 5) is 15.2. The monoisotopic (exact) mass is 162 g/mol. The topological polar surface area (TPSA) is 73.6 Å². The average molecular weight is 162 g/mol. The van der Waals surface area contributed by atoms with Gasteiger partial charge in [-0.05, 0) is 14.0 Å². The van der Waals surface area contributed by atoms with Gasteiger partial charge in [0.1, 0.15) is 6.04 Å². The van der Waals surface area contributed by atoms with E-state index in [4.69, 9.17) is 10.6 Å². The third-order valence-electron chi connectivity index (χ3n) is 1.18. The van der Waals surface area contributed by atoms with Crippen LogP contribution in [-0.4, -0.2) is 32.3 Å². The van der Waals surface area contributed by atoms with Crippen LogP contribution in [0.2, 0.25) is 0 Å². The van der Waals surface area contributed by atoms with Gasteiger partial charge in [0.25, 0.3) is 0 Å². The number of ether oxygens (including phenoxy) is 1. The number of nitrogens with one attached hydrogen (secondary N) is 1. The van der Waals surface area contributed by atoms with E-state index in [0.717, 1.165) is 0 Å². The Morgan fingerprint density at radius 1 is 1.73 bits per heavy atom. The van der Waals surface area contributed by atoms with Crippen molar-refractivity contribution in [1.29, 1.82) is 0 Å². The molecule has 0 aliphatic carbocycles. The molecule has 5 heteroatoms. The minimum absolute atomic E-state index is 0.120. The van der Waals surface area contributed by atoms with Crippen LogP contribution in [0.15, 0.2) is 0 Å². The second-order valence-electron chi connectivity index (χ2n) is 1.93. The second-order valence-corrected chi connectivity index (χ2v) is 1.93. The first-order valence-electron chi connectivity index (χ1n) is 3.41. The van der Waals surface area contributed by atoms with Crippen molar-refractivity contribution in [3.8, 4) is 0 Å². The maximum absolute atomic E-state index is 10.9. The highest BCUT2D eigenvalue weighted by molar-refractivity contribution is 5.75. The van der Waals surface area contributed by atoms with E-state index in [1.54, 1.807) is 14.0 Å². The van der Waals surface area contributed by atoms with Gasteiger partial charge in [0.2, 0.25) is 0 Å². The van der Waals surface area contributed by atoms with Crippen LogP contribution in [0.5, 0.6) is 0 Å². The lowest BCUT2D eigenvalue weighted by Crippen LogP contribution is -2.40. The van der Waals surface area contributed by atoms with Gasteiger partial charge in [-0.1, -0.05) is 0 Å². The smallest absolute Gasteiger partial charge is 0.325 e. The number of hydrogen-bond acceptors (Lipinski definition) is 5. The van der Waals surface area contributed by atoms with Gasteiger partial charge in [-0.25, -0.2) is 5.90 Å². The summed E-state index contributed by atoms with van der Waals surface area (Å²) >= 11 is 0. The Morgan fingerprint density at radius 2 is 2.36 bits per heavy atom. The van der Waals surface area contributed by atoms with E-state index in [-0.39, 0.29) is 12.6 Å². The molecule has 0 saturated heterocycles. The summed E-state index contributed by atoms with van der Waals surface area (Å²) in [5.41, 5.74) is 0. The molecule has 5 nitrogen and oxygen atoms in total. The third-order valence-corrected chi connectivity index (χ3v) is 1.18. The summed E-state index contributed by atoms with van der Waals surface area (Å²) < 4.78 is 4.71. The van der Waals surface area contributed by atoms with Crippen LogP contribution in [0.1, 0.15) is 6.92 Å². The Hall–Kier alpha value is -0.650. The maximum Gasteiger partial charge on any atom is 0.325 e. The number of esters is 1. The highest BCUT2D eigenvalue weighted by Gasteiger charge is 2.16. The van der Waals surface area contributed by atoms with Gasteiger partial charge < -0.3 is 14.9 Å². The van der Waals surface area contributed by atoms with Gasteiger partial charge in [-0.15, -0.1) is 0 Å². The summed E-state index contributed by atoms with van der Waals surface area (Å²) in [7, 11) is 1.64. The zero-order valence-electron chi connectivity index (χ0n) is 6.79. The van der Waals surface area contributed by atoms with Crippen molar-refractivity contribution in [2.75, 3.05) is 20.3 Å². The fourth-order valence-electron chi connectivity index (χ4n) is 0.608. The lowest BCUT2D eigenvalue weighted by atomic mass is 10.3. The van der Waals surface area contributed by atoms with Crippen molar-refractivity contribution in [2.45, 2.75) is 13.0 Å². The minimum Gasteiger partial charge on any atom is -0.465 e. The van der Waals surface area contributed by atoms with Crippen molar-refractivity contribution >= 4 is 5.97 Å². The molecule has 0 aliphatic heterocycles. The fourth-order valence-corrected chi connectivity index (χ4v) is 0.608. The number of carbonyl (C=O) groups is 1. The SMILES string of the molecule is CCOC(=O)C(CON)NC. The van der Waals surface area contributed by atoms with Gasteiger partial charge in [0.15, 0.2) is 0 Å². The number of likely N-dealkylation sites (N-methyl/N-ethyl adjacent to an activating group) is 1. The third kappa shape index (κ3) is 3.92. The predicted molar refractivity (Wildman–Crippen MR) is 39.6 cm³/mol. The first-order chi connectivity index (χ1) is 5.26. The van der Waals surface area contributed by atoms with E-state index in [1.807, 2.05) is 0 Å². The molecule has 66 valence electrons. The lowest BCUT2D eigenvalue weighted by molar-refractivity contribution is -0.147. The molecule has 0 aromatic rings. The zero-order valence-corrected chi connectivity index (χ0v) is 6.79. The van der Waals surface area contributed by atoms with Crippen LogP contribution in [0.25, 0.3) is 0 Å². The largest absolute Gasteiger partial charge is 0.465 e. The van der Waals surface area contributed by atoms with Gasteiger partial charge in [-0.2, -0.15) is 0 Å². The lowest BCUT2D eigenvalue weighted by Gasteiger charge is -2.12. The van der Waals surface area contributed by atoms with Crippen LogP contribution in [0, 0.1) is 0 Å². The van der Waals surface area contributed by atoms with Crippen molar-refractivity contribution in [3.05, 3.63) is 0 Å². The highest BCUT2D eigenvalue weighted by Crippen LogP contribution is 1.87. The Bertz CT molecular complexity index is 118. The van der Waals surface area contributed by atoms with E-state index in [9.17, 15) is 4.79 Å². The quantitative estimate of drug-likeness (QED) is 0.402. The van der Waals surface area contributed by atoms with Crippen LogP contribution in [-0.2, 0) is 14.4 Å². The molecule has 0 saturated carbocycles. The van der Waals surface area contributed by atoms with Gasteiger partial charge in [0.05, 0.1) is 13.2 Å². The molecule has 0 aliphatic rings. The number of nitrogens with two attached hydrogens (primary N) is 1. The van der Waals surface area contributed by atoms with E-state index in [2.05, 4.69) is 10.2 Å². The zero-order chi connectivity index (χ0) is 8.69. The molecular weight excluding hydrogens is 148 g/mol. The molecule has 1 unspecified atom stereocenters. The summed E-state index contributed by atoms with van der Waals surface area (Å²) in [6.45, 7) is 2.23. The molecule has 0 heterocycles. The molecule has 0 aromatic heterocycles. The summed E-state index contributed by atoms with van der Waals surface area (Å²) in [5.74, 6) is 4.44. The maximum atomic E-state index is 10.9. The fraction of sp³-hybridized carbons (Fsp3) is 0.833. The number of rotatable bonds is 5. The molecule has 0 aromatic carbocycles. The van der Waals surface area contributed by atoms with E-state index in [0.29, 0.717) is 6.61 Å².